The molecule has 1 atom stereocenters. The molecule has 3 N–H and O–H groups in total. The summed E-state index contributed by atoms with van der Waals surface area (Å²) >= 11 is 7.10. The highest BCUT2D eigenvalue weighted by molar-refractivity contribution is 8.00. The third-order valence-electron chi connectivity index (χ3n) is 3.57. The Labute approximate surface area is 167 Å². The molecule has 0 aliphatic carbocycles. The quantitative estimate of drug-likeness (QED) is 0.613. The van der Waals surface area contributed by atoms with Crippen LogP contribution in [0.2, 0.25) is 5.02 Å². The molecule has 0 spiro atoms. The third kappa shape index (κ3) is 6.51. The van der Waals surface area contributed by atoms with Crippen molar-refractivity contribution < 1.29 is 9.59 Å². The van der Waals surface area contributed by atoms with Crippen LogP contribution in [0, 0.1) is 5.92 Å². The molecular weight excluding hydrogens is 388 g/mol. The number of pyridine rings is 1. The van der Waals surface area contributed by atoms with Crippen LogP contribution >= 0.6 is 23.4 Å². The van der Waals surface area contributed by atoms with Gasteiger partial charge in [0, 0.05) is 25.6 Å². The maximum atomic E-state index is 12.4. The largest absolute Gasteiger partial charge is 0.370 e. The number of anilines is 1. The summed E-state index contributed by atoms with van der Waals surface area (Å²) in [5.74, 6) is 0.897. The Morgan fingerprint density at radius 1 is 1.30 bits per heavy atom. The fourth-order valence-electron chi connectivity index (χ4n) is 2.26. The van der Waals surface area contributed by atoms with Gasteiger partial charge in [0.2, 0.25) is 11.8 Å². The normalized spacial score (nSPS) is 12.2. The van der Waals surface area contributed by atoms with Crippen molar-refractivity contribution in [2.75, 3.05) is 5.32 Å². The Kier molecular flexibility index (Phi) is 7.61. The van der Waals surface area contributed by atoms with Crippen LogP contribution < -0.4 is 11.1 Å². The van der Waals surface area contributed by atoms with Crippen molar-refractivity contribution in [3.8, 4) is 0 Å². The Bertz CT molecular complexity index is 793. The maximum Gasteiger partial charge on any atom is 0.238 e. The van der Waals surface area contributed by atoms with E-state index in [2.05, 4.69) is 34.3 Å². The summed E-state index contributed by atoms with van der Waals surface area (Å²) in [6.45, 7) is 6.63. The first-order chi connectivity index (χ1) is 12.8. The van der Waals surface area contributed by atoms with Gasteiger partial charge in [-0.25, -0.2) is 4.98 Å². The zero-order chi connectivity index (χ0) is 20.0. The Hall–Kier alpha value is -2.13. The number of nitrogens with two attached hydrogens (primary N) is 1. The van der Waals surface area contributed by atoms with Crippen LogP contribution in [0.4, 0.5) is 5.82 Å². The fraction of sp³-hybridized carbons (Fsp3) is 0.471. The van der Waals surface area contributed by atoms with Crippen molar-refractivity contribution >= 4 is 41.0 Å². The van der Waals surface area contributed by atoms with Gasteiger partial charge in [-0.05, 0) is 25.0 Å². The monoisotopic (exact) mass is 410 g/mol. The molecule has 8 nitrogen and oxygen atoms in total. The second-order valence-electron chi connectivity index (χ2n) is 6.48. The van der Waals surface area contributed by atoms with Crippen molar-refractivity contribution in [2.45, 2.75) is 50.6 Å². The van der Waals surface area contributed by atoms with Crippen LogP contribution in [0.15, 0.2) is 23.5 Å². The summed E-state index contributed by atoms with van der Waals surface area (Å²) in [6.07, 6.45) is 2.10. The number of nitrogens with one attached hydrogen (secondary N) is 1. The smallest absolute Gasteiger partial charge is 0.238 e. The van der Waals surface area contributed by atoms with Gasteiger partial charge in [-0.15, -0.1) is 10.2 Å². The molecule has 10 heteroatoms. The summed E-state index contributed by atoms with van der Waals surface area (Å²) in [5, 5.41) is 11.8. The molecule has 2 heterocycles. The molecule has 0 bridgehead atoms. The lowest BCUT2D eigenvalue weighted by atomic mass is 10.2. The van der Waals surface area contributed by atoms with E-state index >= 15 is 0 Å². The number of thioether (sulfide) groups is 1. The van der Waals surface area contributed by atoms with E-state index in [1.807, 2.05) is 4.57 Å². The van der Waals surface area contributed by atoms with Gasteiger partial charge >= 0.3 is 0 Å². The molecule has 0 aliphatic heterocycles. The average molecular weight is 411 g/mol. The standard InChI is InChI=1S/C17H23ClN6O2S/c1-10(2)9-24-15(7-5-13(19)25)22-23-17(24)27-11(3)16(26)21-14-6-4-12(18)8-20-14/h4,6,8,10-11H,5,7,9H2,1-3H3,(H2,19,25)(H,20,21,26)/t11-/m0/s1. The van der Waals surface area contributed by atoms with Gasteiger partial charge in [0.15, 0.2) is 5.16 Å². The maximum absolute atomic E-state index is 12.4. The number of rotatable bonds is 9. The van der Waals surface area contributed by atoms with Crippen molar-refractivity contribution in [1.29, 1.82) is 0 Å². The minimum absolute atomic E-state index is 0.201. The van der Waals surface area contributed by atoms with Crippen LogP contribution in [0.3, 0.4) is 0 Å². The second-order valence-corrected chi connectivity index (χ2v) is 8.22. The predicted octanol–water partition coefficient (Wildman–Crippen LogP) is 2.52. The summed E-state index contributed by atoms with van der Waals surface area (Å²) in [6, 6.07) is 3.30. The van der Waals surface area contributed by atoms with E-state index in [1.54, 1.807) is 19.1 Å². The lowest BCUT2D eigenvalue weighted by Crippen LogP contribution is -2.23. The molecule has 2 aromatic heterocycles. The number of aryl methyl sites for hydroxylation is 1. The Morgan fingerprint density at radius 3 is 2.63 bits per heavy atom. The van der Waals surface area contributed by atoms with E-state index in [4.69, 9.17) is 17.3 Å². The summed E-state index contributed by atoms with van der Waals surface area (Å²) < 4.78 is 1.95. The number of amides is 2. The lowest BCUT2D eigenvalue weighted by molar-refractivity contribution is -0.118. The third-order valence-corrected chi connectivity index (χ3v) is 4.87. The molecule has 0 unspecified atom stereocenters. The zero-order valence-electron chi connectivity index (χ0n) is 15.5. The van der Waals surface area contributed by atoms with Crippen LogP contribution in [0.25, 0.3) is 0 Å². The molecule has 2 amide bonds. The van der Waals surface area contributed by atoms with Gasteiger partial charge in [-0.3, -0.25) is 9.59 Å². The summed E-state index contributed by atoms with van der Waals surface area (Å²) in [7, 11) is 0. The van der Waals surface area contributed by atoms with Gasteiger partial charge in [0.1, 0.15) is 11.6 Å². The van der Waals surface area contributed by atoms with Crippen LogP contribution in [0.5, 0.6) is 0 Å². The van der Waals surface area contributed by atoms with Crippen molar-refractivity contribution in [3.63, 3.8) is 0 Å². The van der Waals surface area contributed by atoms with Gasteiger partial charge in [-0.2, -0.15) is 0 Å². The van der Waals surface area contributed by atoms with Crippen LogP contribution in [-0.2, 0) is 22.6 Å². The topological polar surface area (TPSA) is 116 Å². The Balaban J connectivity index is 2.08. The van der Waals surface area contributed by atoms with Gasteiger partial charge < -0.3 is 15.6 Å². The highest BCUT2D eigenvalue weighted by Crippen LogP contribution is 2.25. The van der Waals surface area contributed by atoms with Crippen molar-refractivity contribution in [3.05, 3.63) is 29.2 Å². The highest BCUT2D eigenvalue weighted by Gasteiger charge is 2.21. The number of aromatic nitrogens is 4. The summed E-state index contributed by atoms with van der Waals surface area (Å²) in [4.78, 5) is 27.6. The van der Waals surface area contributed by atoms with E-state index in [-0.39, 0.29) is 18.2 Å². The number of primary amides is 1. The molecule has 0 fully saturated rings. The SMILES string of the molecule is CC(C)Cn1c(CCC(N)=O)nnc1S[C@@H](C)C(=O)Nc1ccc(Cl)cn1. The number of halogens is 1. The van der Waals surface area contributed by atoms with Crippen LogP contribution in [-0.4, -0.2) is 36.8 Å². The number of hydrogen-bond donors (Lipinski definition) is 2. The van der Waals surface area contributed by atoms with E-state index in [0.717, 1.165) is 0 Å². The highest BCUT2D eigenvalue weighted by atomic mass is 35.5. The molecule has 0 radical (unpaired) electrons. The summed E-state index contributed by atoms with van der Waals surface area (Å²) in [5.41, 5.74) is 5.23. The second kappa shape index (κ2) is 9.70. The van der Waals surface area contributed by atoms with Gasteiger partial charge in [0.05, 0.1) is 10.3 Å². The van der Waals surface area contributed by atoms with E-state index in [9.17, 15) is 9.59 Å². The van der Waals surface area contributed by atoms with E-state index in [1.165, 1.54) is 18.0 Å². The number of carbonyl (C=O) groups is 2. The predicted molar refractivity (Wildman–Crippen MR) is 106 cm³/mol. The van der Waals surface area contributed by atoms with Crippen molar-refractivity contribution in [2.24, 2.45) is 11.7 Å². The minimum atomic E-state index is -0.415. The van der Waals surface area contributed by atoms with Crippen molar-refractivity contribution in [1.82, 2.24) is 19.7 Å². The molecular formula is C17H23ClN6O2S. The molecule has 0 saturated heterocycles. The zero-order valence-corrected chi connectivity index (χ0v) is 17.0. The van der Waals surface area contributed by atoms with E-state index < -0.39 is 5.25 Å². The fourth-order valence-corrected chi connectivity index (χ4v) is 3.25. The molecule has 2 rings (SSSR count). The first-order valence-electron chi connectivity index (χ1n) is 8.55. The number of nitrogens with zero attached hydrogens (tertiary/aromatic N) is 4. The molecule has 27 heavy (non-hydrogen) atoms. The lowest BCUT2D eigenvalue weighted by Gasteiger charge is -2.15. The Morgan fingerprint density at radius 2 is 2.04 bits per heavy atom. The molecule has 0 saturated carbocycles. The van der Waals surface area contributed by atoms with Gasteiger partial charge in [-0.1, -0.05) is 37.2 Å². The van der Waals surface area contributed by atoms with Gasteiger partial charge in [0.25, 0.3) is 0 Å². The first kappa shape index (κ1) is 21.2. The first-order valence-corrected chi connectivity index (χ1v) is 9.81. The molecule has 146 valence electrons. The molecule has 2 aromatic rings. The van der Waals surface area contributed by atoms with Crippen LogP contribution in [0.1, 0.15) is 33.0 Å². The minimum Gasteiger partial charge on any atom is -0.370 e. The number of carbonyl (C=O) groups excluding carboxylic acids is 2. The van der Waals surface area contributed by atoms with E-state index in [0.29, 0.717) is 40.7 Å². The average Bonchev–Trinajstić information content (AvgIpc) is 2.96. The number of hydrogen-bond acceptors (Lipinski definition) is 6. The molecule has 0 aromatic carbocycles. The molecule has 0 aliphatic rings.